The number of hydrogen-bond acceptors (Lipinski definition) is 1. The van der Waals surface area contributed by atoms with Crippen molar-refractivity contribution >= 4 is 0 Å². The van der Waals surface area contributed by atoms with Crippen LogP contribution in [0, 0.1) is 17.3 Å². The summed E-state index contributed by atoms with van der Waals surface area (Å²) in [6.07, 6.45) is 2.47. The van der Waals surface area contributed by atoms with Crippen molar-refractivity contribution in [1.82, 2.24) is 0 Å². The first-order chi connectivity index (χ1) is 5.37. The molecule has 1 nitrogen and oxygen atoms in total. The van der Waals surface area contributed by atoms with Gasteiger partial charge in [0.2, 0.25) is 0 Å². The number of hydrogen-bond donors (Lipinski definition) is 1. The van der Waals surface area contributed by atoms with Gasteiger partial charge in [-0.1, -0.05) is 34.6 Å². The van der Waals surface area contributed by atoms with E-state index in [0.29, 0.717) is 5.41 Å². The van der Waals surface area contributed by atoms with E-state index in [1.54, 1.807) is 0 Å². The summed E-state index contributed by atoms with van der Waals surface area (Å²) in [5.74, 6) is 1.57. The molecular formula is C11H25N. The second-order valence-electron chi connectivity index (χ2n) is 5.35. The molecule has 1 atom stereocenters. The Kier molecular flexibility index (Phi) is 4.84. The molecule has 0 spiro atoms. The lowest BCUT2D eigenvalue weighted by atomic mass is 9.78. The molecule has 0 aliphatic rings. The third kappa shape index (κ3) is 5.59. The number of nitrogens with two attached hydrogens (primary N) is 1. The van der Waals surface area contributed by atoms with E-state index >= 15 is 0 Å². The van der Waals surface area contributed by atoms with Gasteiger partial charge < -0.3 is 5.73 Å². The van der Waals surface area contributed by atoms with E-state index in [-0.39, 0.29) is 0 Å². The molecule has 0 aliphatic carbocycles. The van der Waals surface area contributed by atoms with Crippen molar-refractivity contribution < 1.29 is 0 Å². The molecule has 0 aliphatic heterocycles. The van der Waals surface area contributed by atoms with E-state index in [9.17, 15) is 0 Å². The summed E-state index contributed by atoms with van der Waals surface area (Å²) in [6, 6.07) is 0. The lowest BCUT2D eigenvalue weighted by Gasteiger charge is -2.28. The monoisotopic (exact) mass is 171 g/mol. The van der Waals surface area contributed by atoms with Crippen LogP contribution in [-0.2, 0) is 0 Å². The van der Waals surface area contributed by atoms with Crippen LogP contribution in [0.4, 0.5) is 0 Å². The highest BCUT2D eigenvalue weighted by Crippen LogP contribution is 2.30. The Morgan fingerprint density at radius 1 is 1.17 bits per heavy atom. The summed E-state index contributed by atoms with van der Waals surface area (Å²) in [7, 11) is 0. The Labute approximate surface area is 77.7 Å². The standard InChI is InChI=1S/C11H25N/c1-9(2)10(6-7-12)8-11(3,4)5/h9-10H,6-8,12H2,1-5H3. The van der Waals surface area contributed by atoms with Crippen molar-refractivity contribution in [2.75, 3.05) is 6.54 Å². The Bertz CT molecular complexity index is 111. The third-order valence-electron chi connectivity index (χ3n) is 2.35. The van der Waals surface area contributed by atoms with Crippen molar-refractivity contribution in [2.45, 2.75) is 47.5 Å². The summed E-state index contributed by atoms with van der Waals surface area (Å²) in [5, 5.41) is 0. The fourth-order valence-corrected chi connectivity index (χ4v) is 1.67. The fourth-order valence-electron chi connectivity index (χ4n) is 1.67. The Morgan fingerprint density at radius 2 is 1.67 bits per heavy atom. The molecule has 0 heterocycles. The predicted molar refractivity (Wildman–Crippen MR) is 56.1 cm³/mol. The smallest absolute Gasteiger partial charge is 0.00745 e. The molecule has 0 saturated carbocycles. The zero-order chi connectivity index (χ0) is 9.78. The minimum Gasteiger partial charge on any atom is -0.330 e. The molecule has 0 aromatic heterocycles. The molecule has 1 unspecified atom stereocenters. The Balaban J connectivity index is 3.95. The van der Waals surface area contributed by atoms with Crippen molar-refractivity contribution in [3.8, 4) is 0 Å². The molecule has 0 fully saturated rings. The molecule has 1 heteroatoms. The second-order valence-corrected chi connectivity index (χ2v) is 5.35. The fraction of sp³-hybridized carbons (Fsp3) is 1.00. The largest absolute Gasteiger partial charge is 0.330 e. The van der Waals surface area contributed by atoms with Crippen molar-refractivity contribution in [2.24, 2.45) is 23.0 Å². The minimum atomic E-state index is 0.449. The highest BCUT2D eigenvalue weighted by atomic mass is 14.5. The van der Waals surface area contributed by atoms with Crippen molar-refractivity contribution in [1.29, 1.82) is 0 Å². The normalized spacial score (nSPS) is 15.2. The summed E-state index contributed by atoms with van der Waals surface area (Å²) in [5.41, 5.74) is 6.03. The zero-order valence-corrected chi connectivity index (χ0v) is 9.35. The summed E-state index contributed by atoms with van der Waals surface area (Å²) in [6.45, 7) is 12.3. The van der Waals surface area contributed by atoms with Gasteiger partial charge in [-0.2, -0.15) is 0 Å². The first-order valence-corrected chi connectivity index (χ1v) is 5.07. The maximum absolute atomic E-state index is 5.59. The van der Waals surface area contributed by atoms with E-state index in [2.05, 4.69) is 34.6 Å². The van der Waals surface area contributed by atoms with Crippen LogP contribution in [0.3, 0.4) is 0 Å². The molecular weight excluding hydrogens is 146 g/mol. The lowest BCUT2D eigenvalue weighted by Crippen LogP contribution is -2.20. The summed E-state index contributed by atoms with van der Waals surface area (Å²) in [4.78, 5) is 0. The highest BCUT2D eigenvalue weighted by Gasteiger charge is 2.20. The Morgan fingerprint density at radius 3 is 1.92 bits per heavy atom. The first-order valence-electron chi connectivity index (χ1n) is 5.07. The van der Waals surface area contributed by atoms with E-state index in [4.69, 9.17) is 5.73 Å². The molecule has 0 amide bonds. The molecule has 0 aromatic rings. The molecule has 2 N–H and O–H groups in total. The molecule has 74 valence electrons. The van der Waals surface area contributed by atoms with Gasteiger partial charge in [-0.15, -0.1) is 0 Å². The average Bonchev–Trinajstić information content (AvgIpc) is 1.83. The zero-order valence-electron chi connectivity index (χ0n) is 9.35. The van der Waals surface area contributed by atoms with E-state index in [0.717, 1.165) is 18.4 Å². The second kappa shape index (κ2) is 4.86. The quantitative estimate of drug-likeness (QED) is 0.691. The molecule has 12 heavy (non-hydrogen) atoms. The van der Waals surface area contributed by atoms with Gasteiger partial charge in [0.1, 0.15) is 0 Å². The van der Waals surface area contributed by atoms with Crippen LogP contribution < -0.4 is 5.73 Å². The van der Waals surface area contributed by atoms with Gasteiger partial charge in [-0.05, 0) is 36.6 Å². The average molecular weight is 171 g/mol. The maximum atomic E-state index is 5.59. The van der Waals surface area contributed by atoms with Crippen molar-refractivity contribution in [3.63, 3.8) is 0 Å². The SMILES string of the molecule is CC(C)C(CCN)CC(C)(C)C. The van der Waals surface area contributed by atoms with Crippen LogP contribution >= 0.6 is 0 Å². The van der Waals surface area contributed by atoms with Gasteiger partial charge in [0.15, 0.2) is 0 Å². The molecule has 0 rings (SSSR count). The molecule has 0 aromatic carbocycles. The predicted octanol–water partition coefficient (Wildman–Crippen LogP) is 3.04. The van der Waals surface area contributed by atoms with Crippen molar-refractivity contribution in [3.05, 3.63) is 0 Å². The van der Waals surface area contributed by atoms with Gasteiger partial charge in [0.05, 0.1) is 0 Å². The van der Waals surface area contributed by atoms with Gasteiger partial charge in [0, 0.05) is 0 Å². The maximum Gasteiger partial charge on any atom is -0.00745 e. The third-order valence-corrected chi connectivity index (χ3v) is 2.35. The molecule has 0 radical (unpaired) electrons. The topological polar surface area (TPSA) is 26.0 Å². The summed E-state index contributed by atoms with van der Waals surface area (Å²) < 4.78 is 0. The molecule has 0 bridgehead atoms. The van der Waals surface area contributed by atoms with Gasteiger partial charge in [-0.25, -0.2) is 0 Å². The van der Waals surface area contributed by atoms with Crippen LogP contribution in [0.15, 0.2) is 0 Å². The van der Waals surface area contributed by atoms with Crippen LogP contribution in [-0.4, -0.2) is 6.54 Å². The van der Waals surface area contributed by atoms with Gasteiger partial charge >= 0.3 is 0 Å². The van der Waals surface area contributed by atoms with Gasteiger partial charge in [0.25, 0.3) is 0 Å². The number of rotatable bonds is 4. The van der Waals surface area contributed by atoms with Crippen LogP contribution in [0.25, 0.3) is 0 Å². The van der Waals surface area contributed by atoms with Crippen LogP contribution in [0.1, 0.15) is 47.5 Å². The lowest BCUT2D eigenvalue weighted by molar-refractivity contribution is 0.233. The van der Waals surface area contributed by atoms with Crippen LogP contribution in [0.2, 0.25) is 0 Å². The van der Waals surface area contributed by atoms with Crippen LogP contribution in [0.5, 0.6) is 0 Å². The van der Waals surface area contributed by atoms with E-state index in [1.807, 2.05) is 0 Å². The Hall–Kier alpha value is -0.0400. The van der Waals surface area contributed by atoms with E-state index < -0.39 is 0 Å². The highest BCUT2D eigenvalue weighted by molar-refractivity contribution is 4.71. The minimum absolute atomic E-state index is 0.449. The van der Waals surface area contributed by atoms with E-state index in [1.165, 1.54) is 12.8 Å². The first kappa shape index (κ1) is 12.0. The summed E-state index contributed by atoms with van der Waals surface area (Å²) >= 11 is 0. The molecule has 0 saturated heterocycles. The van der Waals surface area contributed by atoms with Gasteiger partial charge in [-0.3, -0.25) is 0 Å².